The molecule has 4 nitrogen and oxygen atoms in total. The summed E-state index contributed by atoms with van der Waals surface area (Å²) >= 11 is 1.53. The average Bonchev–Trinajstić information content (AvgIpc) is 2.68. The zero-order chi connectivity index (χ0) is 10.2. The van der Waals surface area contributed by atoms with Gasteiger partial charge in [0.05, 0.1) is 6.54 Å². The predicted octanol–water partition coefficient (Wildman–Crippen LogP) is 0.922. The fourth-order valence-electron chi connectivity index (χ4n) is 1.00. The van der Waals surface area contributed by atoms with E-state index in [2.05, 4.69) is 10.3 Å². The Hall–Kier alpha value is -0.940. The van der Waals surface area contributed by atoms with Gasteiger partial charge in [0.25, 0.3) is 0 Å². The van der Waals surface area contributed by atoms with E-state index in [4.69, 9.17) is 5.11 Å². The zero-order valence-electron chi connectivity index (χ0n) is 7.90. The minimum absolute atomic E-state index is 0.0219. The van der Waals surface area contributed by atoms with E-state index in [1.54, 1.807) is 6.20 Å². The Morgan fingerprint density at radius 1 is 1.57 bits per heavy atom. The molecule has 1 heterocycles. The molecule has 0 unspecified atom stereocenters. The van der Waals surface area contributed by atoms with Crippen LogP contribution in [0.1, 0.15) is 24.3 Å². The fraction of sp³-hybridized carbons (Fsp3) is 0.556. The van der Waals surface area contributed by atoms with Gasteiger partial charge in [-0.1, -0.05) is 0 Å². The number of unbranched alkanes of at least 4 members (excludes halogenated alkanes) is 1. The summed E-state index contributed by atoms with van der Waals surface area (Å²) in [6.07, 6.45) is 3.62. The number of nitrogens with zero attached hydrogens (tertiary/aromatic N) is 1. The van der Waals surface area contributed by atoms with E-state index in [-0.39, 0.29) is 12.5 Å². The zero-order valence-corrected chi connectivity index (χ0v) is 8.72. The van der Waals surface area contributed by atoms with Crippen molar-refractivity contribution in [1.29, 1.82) is 0 Å². The van der Waals surface area contributed by atoms with Crippen molar-refractivity contribution < 1.29 is 9.90 Å². The summed E-state index contributed by atoms with van der Waals surface area (Å²) in [7, 11) is 0. The summed E-state index contributed by atoms with van der Waals surface area (Å²) in [4.78, 5) is 15.2. The maximum absolute atomic E-state index is 11.2. The van der Waals surface area contributed by atoms with Gasteiger partial charge in [0, 0.05) is 24.6 Å². The highest BCUT2D eigenvalue weighted by molar-refractivity contribution is 7.09. The Balaban J connectivity index is 2.09. The second-order valence-corrected chi connectivity index (χ2v) is 3.86. The van der Waals surface area contributed by atoms with Gasteiger partial charge in [-0.25, -0.2) is 4.98 Å². The van der Waals surface area contributed by atoms with Crippen molar-refractivity contribution in [2.24, 2.45) is 0 Å². The molecule has 0 aromatic carbocycles. The molecule has 2 N–H and O–H groups in total. The number of rotatable bonds is 6. The monoisotopic (exact) mass is 214 g/mol. The topological polar surface area (TPSA) is 62.2 Å². The fourth-order valence-corrected chi connectivity index (χ4v) is 1.56. The lowest BCUT2D eigenvalue weighted by Crippen LogP contribution is -2.22. The van der Waals surface area contributed by atoms with Gasteiger partial charge < -0.3 is 10.4 Å². The van der Waals surface area contributed by atoms with Crippen molar-refractivity contribution in [2.75, 3.05) is 6.61 Å². The molecule has 1 aromatic heterocycles. The van der Waals surface area contributed by atoms with Crippen LogP contribution in [-0.4, -0.2) is 22.6 Å². The lowest BCUT2D eigenvalue weighted by molar-refractivity contribution is -0.121. The van der Waals surface area contributed by atoms with E-state index in [1.807, 2.05) is 5.38 Å². The number of aromatic nitrogens is 1. The second kappa shape index (κ2) is 6.50. The molecular formula is C9H14N2O2S. The number of nitrogens with one attached hydrogen (secondary N) is 1. The van der Waals surface area contributed by atoms with Crippen molar-refractivity contribution in [2.45, 2.75) is 25.8 Å². The van der Waals surface area contributed by atoms with Crippen molar-refractivity contribution >= 4 is 17.2 Å². The Morgan fingerprint density at radius 2 is 2.43 bits per heavy atom. The molecule has 1 amide bonds. The van der Waals surface area contributed by atoms with Crippen LogP contribution in [0.25, 0.3) is 0 Å². The van der Waals surface area contributed by atoms with Crippen molar-refractivity contribution in [3.63, 3.8) is 0 Å². The van der Waals surface area contributed by atoms with E-state index in [0.29, 0.717) is 19.4 Å². The maximum atomic E-state index is 11.2. The number of carbonyl (C=O) groups excluding carboxylic acids is 1. The highest BCUT2D eigenvalue weighted by Crippen LogP contribution is 2.03. The van der Waals surface area contributed by atoms with E-state index in [9.17, 15) is 4.79 Å². The highest BCUT2D eigenvalue weighted by atomic mass is 32.1. The van der Waals surface area contributed by atoms with Crippen LogP contribution in [-0.2, 0) is 11.3 Å². The summed E-state index contributed by atoms with van der Waals surface area (Å²) < 4.78 is 0. The molecule has 0 aliphatic carbocycles. The lowest BCUT2D eigenvalue weighted by Gasteiger charge is -2.01. The molecule has 0 aliphatic heterocycles. The van der Waals surface area contributed by atoms with E-state index < -0.39 is 0 Å². The Bertz CT molecular complexity index is 262. The highest BCUT2D eigenvalue weighted by Gasteiger charge is 2.01. The third-order valence-electron chi connectivity index (χ3n) is 1.73. The van der Waals surface area contributed by atoms with E-state index >= 15 is 0 Å². The molecule has 0 saturated carbocycles. The number of aliphatic hydroxyl groups is 1. The first kappa shape index (κ1) is 11.1. The molecule has 0 aliphatic rings. The third kappa shape index (κ3) is 4.34. The second-order valence-electron chi connectivity index (χ2n) is 2.88. The van der Waals surface area contributed by atoms with Gasteiger partial charge in [0.15, 0.2) is 0 Å². The molecule has 0 atom stereocenters. The largest absolute Gasteiger partial charge is 0.396 e. The first-order valence-electron chi connectivity index (χ1n) is 4.59. The molecule has 0 spiro atoms. The van der Waals surface area contributed by atoms with E-state index in [1.165, 1.54) is 11.3 Å². The van der Waals surface area contributed by atoms with Crippen LogP contribution in [0.3, 0.4) is 0 Å². The van der Waals surface area contributed by atoms with Gasteiger partial charge in [-0.3, -0.25) is 4.79 Å². The minimum Gasteiger partial charge on any atom is -0.396 e. The molecule has 0 fully saturated rings. The van der Waals surface area contributed by atoms with Crippen molar-refractivity contribution in [1.82, 2.24) is 10.3 Å². The number of hydrogen-bond donors (Lipinski definition) is 2. The van der Waals surface area contributed by atoms with Crippen LogP contribution in [0.15, 0.2) is 11.6 Å². The number of carbonyl (C=O) groups is 1. The summed E-state index contributed by atoms with van der Waals surface area (Å²) in [5.41, 5.74) is 0. The predicted molar refractivity (Wildman–Crippen MR) is 54.9 cm³/mol. The number of aliphatic hydroxyl groups excluding tert-OH is 1. The molecule has 0 bridgehead atoms. The SMILES string of the molecule is O=C(CCCCO)NCc1nccs1. The van der Waals surface area contributed by atoms with Gasteiger partial charge in [0.1, 0.15) is 5.01 Å². The smallest absolute Gasteiger partial charge is 0.220 e. The lowest BCUT2D eigenvalue weighted by atomic mass is 10.2. The van der Waals surface area contributed by atoms with Crippen LogP contribution in [0.5, 0.6) is 0 Å². The van der Waals surface area contributed by atoms with Crippen LogP contribution in [0.2, 0.25) is 0 Å². The molecule has 5 heteroatoms. The first-order valence-corrected chi connectivity index (χ1v) is 5.47. The normalized spacial score (nSPS) is 10.1. The van der Waals surface area contributed by atoms with Gasteiger partial charge in [-0.05, 0) is 12.8 Å². The average molecular weight is 214 g/mol. The molecule has 78 valence electrons. The van der Waals surface area contributed by atoms with Crippen LogP contribution in [0.4, 0.5) is 0 Å². The number of amides is 1. The summed E-state index contributed by atoms with van der Waals surface area (Å²) in [5, 5.41) is 14.1. The molecule has 14 heavy (non-hydrogen) atoms. The van der Waals surface area contributed by atoms with Gasteiger partial charge in [-0.15, -0.1) is 11.3 Å². The summed E-state index contributed by atoms with van der Waals surface area (Å²) in [5.74, 6) is 0.0219. The standard InChI is InChI=1S/C9H14N2O2S/c12-5-2-1-3-8(13)11-7-9-10-4-6-14-9/h4,6,12H,1-3,5,7H2,(H,11,13). The quantitative estimate of drug-likeness (QED) is 0.692. The maximum Gasteiger partial charge on any atom is 0.220 e. The van der Waals surface area contributed by atoms with Gasteiger partial charge >= 0.3 is 0 Å². The van der Waals surface area contributed by atoms with E-state index in [0.717, 1.165) is 11.4 Å². The third-order valence-corrected chi connectivity index (χ3v) is 2.51. The molecule has 1 rings (SSSR count). The van der Waals surface area contributed by atoms with Crippen LogP contribution < -0.4 is 5.32 Å². The van der Waals surface area contributed by atoms with Crippen LogP contribution in [0, 0.1) is 0 Å². The van der Waals surface area contributed by atoms with Crippen molar-refractivity contribution in [3.8, 4) is 0 Å². The van der Waals surface area contributed by atoms with Crippen LogP contribution >= 0.6 is 11.3 Å². The molecule has 0 radical (unpaired) electrons. The summed E-state index contributed by atoms with van der Waals surface area (Å²) in [6, 6.07) is 0. The Kier molecular flexibility index (Phi) is 5.17. The summed E-state index contributed by atoms with van der Waals surface area (Å²) in [6.45, 7) is 0.662. The first-order chi connectivity index (χ1) is 6.83. The van der Waals surface area contributed by atoms with Gasteiger partial charge in [-0.2, -0.15) is 0 Å². The number of thiazole rings is 1. The Labute approximate surface area is 87.0 Å². The van der Waals surface area contributed by atoms with Crippen molar-refractivity contribution in [3.05, 3.63) is 16.6 Å². The van der Waals surface area contributed by atoms with Gasteiger partial charge in [0.2, 0.25) is 5.91 Å². The molecule has 0 saturated heterocycles. The molecule has 1 aromatic rings. The Morgan fingerprint density at radius 3 is 3.07 bits per heavy atom. The number of hydrogen-bond acceptors (Lipinski definition) is 4. The molecular weight excluding hydrogens is 200 g/mol. The minimum atomic E-state index is 0.0219.